The summed E-state index contributed by atoms with van der Waals surface area (Å²) in [5.74, 6) is 0. The van der Waals surface area contributed by atoms with E-state index in [1.165, 1.54) is 16.8 Å². The number of imidazole rings is 1. The minimum absolute atomic E-state index is 0.476. The van der Waals surface area contributed by atoms with E-state index >= 15 is 0 Å². The predicted molar refractivity (Wildman–Crippen MR) is 75.6 cm³/mol. The lowest BCUT2D eigenvalue weighted by molar-refractivity contribution is 0.609. The molecule has 0 radical (unpaired) electrons. The fraction of sp³-hybridized carbons (Fsp3) is 0.400. The lowest BCUT2D eigenvalue weighted by atomic mass is 9.99. The summed E-state index contributed by atoms with van der Waals surface area (Å²) < 4.78 is 2.18. The number of hydrogen-bond donors (Lipinski definition) is 1. The van der Waals surface area contributed by atoms with Crippen molar-refractivity contribution in [2.24, 2.45) is 0 Å². The first kappa shape index (κ1) is 12.8. The van der Waals surface area contributed by atoms with Crippen molar-refractivity contribution in [2.75, 3.05) is 7.05 Å². The maximum atomic E-state index is 4.26. The Labute approximate surface area is 109 Å². The molecular formula is C15H21N3. The molecule has 2 aromatic rings. The van der Waals surface area contributed by atoms with Gasteiger partial charge in [-0.1, -0.05) is 24.3 Å². The van der Waals surface area contributed by atoms with Gasteiger partial charge >= 0.3 is 0 Å². The Hall–Kier alpha value is -1.61. The first-order valence-corrected chi connectivity index (χ1v) is 6.52. The number of hydrogen-bond acceptors (Lipinski definition) is 2. The van der Waals surface area contributed by atoms with Crippen molar-refractivity contribution >= 4 is 0 Å². The molecule has 3 nitrogen and oxygen atoms in total. The molecule has 0 fully saturated rings. The quantitative estimate of drug-likeness (QED) is 0.875. The Kier molecular flexibility index (Phi) is 4.15. The fourth-order valence-electron chi connectivity index (χ4n) is 2.18. The van der Waals surface area contributed by atoms with E-state index in [1.54, 1.807) is 0 Å². The van der Waals surface area contributed by atoms with E-state index in [4.69, 9.17) is 0 Å². The number of aryl methyl sites for hydroxylation is 1. The van der Waals surface area contributed by atoms with Gasteiger partial charge in [-0.25, -0.2) is 4.98 Å². The lowest BCUT2D eigenvalue weighted by Crippen LogP contribution is -2.23. The average Bonchev–Trinajstić information content (AvgIpc) is 2.87. The summed E-state index contributed by atoms with van der Waals surface area (Å²) in [4.78, 5) is 4.26. The molecule has 0 bridgehead atoms. The topological polar surface area (TPSA) is 29.9 Å². The van der Waals surface area contributed by atoms with Crippen LogP contribution in [0.4, 0.5) is 0 Å². The third-order valence-electron chi connectivity index (χ3n) is 3.37. The van der Waals surface area contributed by atoms with E-state index in [-0.39, 0.29) is 0 Å². The smallest absolute Gasteiger partial charge is 0.0950 e. The van der Waals surface area contributed by atoms with Crippen molar-refractivity contribution in [3.8, 4) is 11.3 Å². The van der Waals surface area contributed by atoms with Gasteiger partial charge in [0.15, 0.2) is 0 Å². The molecule has 3 heteroatoms. The molecule has 1 aromatic carbocycles. The van der Waals surface area contributed by atoms with Gasteiger partial charge in [0.2, 0.25) is 0 Å². The van der Waals surface area contributed by atoms with Crippen molar-refractivity contribution in [3.63, 3.8) is 0 Å². The number of aromatic nitrogens is 2. The normalized spacial score (nSPS) is 12.6. The number of rotatable bonds is 5. The number of likely N-dealkylation sites (N-methyl/N-ethyl adjacent to an activating group) is 1. The van der Waals surface area contributed by atoms with Crippen LogP contribution in [0.5, 0.6) is 0 Å². The van der Waals surface area contributed by atoms with Gasteiger partial charge in [-0.05, 0) is 32.9 Å². The third kappa shape index (κ3) is 2.62. The van der Waals surface area contributed by atoms with E-state index in [1.807, 2.05) is 19.6 Å². The molecule has 0 aliphatic rings. The zero-order valence-electron chi connectivity index (χ0n) is 11.4. The summed E-state index contributed by atoms with van der Waals surface area (Å²) in [6, 6.07) is 9.06. The highest BCUT2D eigenvalue weighted by Crippen LogP contribution is 2.24. The molecule has 0 spiro atoms. The first-order chi connectivity index (χ1) is 8.76. The predicted octanol–water partition coefficient (Wildman–Crippen LogP) is 2.72. The van der Waals surface area contributed by atoms with Crippen LogP contribution in [-0.4, -0.2) is 22.6 Å². The summed E-state index contributed by atoms with van der Waals surface area (Å²) in [5.41, 5.74) is 3.87. The molecule has 0 aliphatic carbocycles. The molecule has 0 saturated carbocycles. The van der Waals surface area contributed by atoms with Crippen LogP contribution in [0, 0.1) is 0 Å². The van der Waals surface area contributed by atoms with Gasteiger partial charge < -0.3 is 9.88 Å². The highest BCUT2D eigenvalue weighted by Gasteiger charge is 2.10. The second-order valence-electron chi connectivity index (χ2n) is 4.62. The molecule has 96 valence electrons. The van der Waals surface area contributed by atoms with Gasteiger partial charge in [0.05, 0.1) is 18.2 Å². The summed E-state index contributed by atoms with van der Waals surface area (Å²) in [6.45, 7) is 5.29. The molecule has 2 rings (SSSR count). The average molecular weight is 243 g/mol. The van der Waals surface area contributed by atoms with E-state index in [0.29, 0.717) is 6.04 Å². The van der Waals surface area contributed by atoms with Crippen LogP contribution in [0.2, 0.25) is 0 Å². The Morgan fingerprint density at radius 3 is 2.83 bits per heavy atom. The van der Waals surface area contributed by atoms with Crippen LogP contribution in [0.25, 0.3) is 11.3 Å². The van der Waals surface area contributed by atoms with Gasteiger partial charge in [-0.15, -0.1) is 0 Å². The minimum atomic E-state index is 0.476. The number of nitrogens with zero attached hydrogens (tertiary/aromatic N) is 2. The number of nitrogens with one attached hydrogen (secondary N) is 1. The van der Waals surface area contributed by atoms with Crippen molar-refractivity contribution in [1.82, 2.24) is 14.9 Å². The molecule has 1 N–H and O–H groups in total. The standard InChI is InChI=1S/C15H21N3/c1-4-18-11-17-10-15(18)14-8-6-5-7-13(14)9-12(2)16-3/h5-8,10-12,16H,4,9H2,1-3H3. The Bertz CT molecular complexity index is 502. The lowest BCUT2D eigenvalue weighted by Gasteiger charge is -2.15. The molecule has 0 aliphatic heterocycles. The highest BCUT2D eigenvalue weighted by molar-refractivity contribution is 5.63. The summed E-state index contributed by atoms with van der Waals surface area (Å²) in [5, 5.41) is 3.29. The minimum Gasteiger partial charge on any atom is -0.331 e. The SMILES string of the molecule is CCn1cncc1-c1ccccc1CC(C)NC. The van der Waals surface area contributed by atoms with E-state index in [0.717, 1.165) is 13.0 Å². The zero-order chi connectivity index (χ0) is 13.0. The van der Waals surface area contributed by atoms with E-state index in [9.17, 15) is 0 Å². The van der Waals surface area contributed by atoms with Gasteiger partial charge in [0.1, 0.15) is 0 Å². The van der Waals surface area contributed by atoms with Gasteiger partial charge in [0.25, 0.3) is 0 Å². The second kappa shape index (κ2) is 5.83. The second-order valence-corrected chi connectivity index (χ2v) is 4.62. The van der Waals surface area contributed by atoms with Crippen molar-refractivity contribution in [3.05, 3.63) is 42.4 Å². The van der Waals surface area contributed by atoms with Crippen molar-refractivity contribution in [2.45, 2.75) is 32.9 Å². The Morgan fingerprint density at radius 1 is 1.33 bits per heavy atom. The van der Waals surface area contributed by atoms with Gasteiger partial charge in [-0.3, -0.25) is 0 Å². The fourth-order valence-corrected chi connectivity index (χ4v) is 2.18. The van der Waals surface area contributed by atoms with Crippen LogP contribution >= 0.6 is 0 Å². The Balaban J connectivity index is 2.38. The molecule has 18 heavy (non-hydrogen) atoms. The van der Waals surface area contributed by atoms with Crippen LogP contribution in [0.15, 0.2) is 36.8 Å². The summed E-state index contributed by atoms with van der Waals surface area (Å²) in [6.07, 6.45) is 4.88. The van der Waals surface area contributed by atoms with Crippen molar-refractivity contribution < 1.29 is 0 Å². The van der Waals surface area contributed by atoms with E-state index < -0.39 is 0 Å². The van der Waals surface area contributed by atoms with E-state index in [2.05, 4.69) is 53.0 Å². The maximum Gasteiger partial charge on any atom is 0.0950 e. The molecular weight excluding hydrogens is 222 g/mol. The van der Waals surface area contributed by atoms with Crippen LogP contribution in [-0.2, 0) is 13.0 Å². The van der Waals surface area contributed by atoms with Crippen LogP contribution in [0.1, 0.15) is 19.4 Å². The Morgan fingerprint density at radius 2 is 2.11 bits per heavy atom. The van der Waals surface area contributed by atoms with Crippen molar-refractivity contribution in [1.29, 1.82) is 0 Å². The molecule has 1 heterocycles. The summed E-state index contributed by atoms with van der Waals surface area (Å²) >= 11 is 0. The van der Waals surface area contributed by atoms with Crippen LogP contribution in [0.3, 0.4) is 0 Å². The first-order valence-electron chi connectivity index (χ1n) is 6.52. The number of benzene rings is 1. The molecule has 1 unspecified atom stereocenters. The molecule has 1 atom stereocenters. The largest absolute Gasteiger partial charge is 0.331 e. The molecule has 1 aromatic heterocycles. The monoisotopic (exact) mass is 243 g/mol. The van der Waals surface area contributed by atoms with Gasteiger partial charge in [0, 0.05) is 18.2 Å². The summed E-state index contributed by atoms with van der Waals surface area (Å²) in [7, 11) is 2.00. The highest BCUT2D eigenvalue weighted by atomic mass is 15.0. The third-order valence-corrected chi connectivity index (χ3v) is 3.37. The van der Waals surface area contributed by atoms with Crippen LogP contribution < -0.4 is 5.32 Å². The van der Waals surface area contributed by atoms with Gasteiger partial charge in [-0.2, -0.15) is 0 Å². The zero-order valence-corrected chi connectivity index (χ0v) is 11.4. The molecule has 0 amide bonds. The maximum absolute atomic E-state index is 4.26. The molecule has 0 saturated heterocycles.